The maximum absolute atomic E-state index is 5.53. The van der Waals surface area contributed by atoms with Gasteiger partial charge in [-0.1, -0.05) is 0 Å². The Kier molecular flexibility index (Phi) is 5.31. The minimum absolute atomic E-state index is 0.801. The molecule has 0 heterocycles. The Hall–Kier alpha value is -0.823. The summed E-state index contributed by atoms with van der Waals surface area (Å²) in [5, 5.41) is 0. The third-order valence-corrected chi connectivity index (χ3v) is 1.89. The quantitative estimate of drug-likeness (QED) is 0.392. The van der Waals surface area contributed by atoms with Crippen molar-refractivity contribution >= 4 is 17.7 Å². The van der Waals surface area contributed by atoms with Gasteiger partial charge in [-0.15, -0.1) is 0 Å². The van der Waals surface area contributed by atoms with Crippen molar-refractivity contribution in [2.75, 3.05) is 6.61 Å². The van der Waals surface area contributed by atoms with Gasteiger partial charge >= 0.3 is 94.9 Å². The van der Waals surface area contributed by atoms with Crippen LogP contribution in [-0.2, 0) is 0 Å². The first-order valence-corrected chi connectivity index (χ1v) is 5.02. The first kappa shape index (κ1) is 11.3. The Bertz CT molecular complexity index is 318. The van der Waals surface area contributed by atoms with E-state index in [0.29, 0.717) is 0 Å². The molecular weight excluding hydrogens is 167 g/mol. The molecule has 1 nitrogen and oxygen atoms in total. The molecule has 0 aliphatic rings. The molecule has 0 bridgehead atoms. The van der Waals surface area contributed by atoms with Gasteiger partial charge in [0, 0.05) is 0 Å². The van der Waals surface area contributed by atoms with Crippen LogP contribution in [0.4, 0.5) is 0 Å². The Morgan fingerprint density at radius 3 is 2.57 bits per heavy atom. The molecule has 0 aromatic heterocycles. The fraction of sp³-hybridized carbons (Fsp3) is 0.333. The topological polar surface area (TPSA) is 9.23 Å². The summed E-state index contributed by atoms with van der Waals surface area (Å²) < 4.78 is 8.40. The van der Waals surface area contributed by atoms with E-state index in [0.717, 1.165) is 24.3 Å². The summed E-state index contributed by atoms with van der Waals surface area (Å²) in [6.45, 7) is 2.96. The summed E-state index contributed by atoms with van der Waals surface area (Å²) >= 11 is 1.84. The van der Waals surface area contributed by atoms with E-state index < -0.39 is 0 Å². The van der Waals surface area contributed by atoms with Crippen molar-refractivity contribution in [3.8, 4) is 16.3 Å². The van der Waals surface area contributed by atoms with E-state index in [1.54, 1.807) is 0 Å². The van der Waals surface area contributed by atoms with E-state index in [9.17, 15) is 0 Å². The van der Waals surface area contributed by atoms with Crippen molar-refractivity contribution < 1.29 is 4.74 Å². The number of rotatable bonds is 4. The minimum atomic E-state index is 0.801. The fourth-order valence-corrected chi connectivity index (χ4v) is 1.11. The van der Waals surface area contributed by atoms with Gasteiger partial charge in [-0.3, -0.25) is 0 Å². The van der Waals surface area contributed by atoms with Gasteiger partial charge in [0.1, 0.15) is 0 Å². The Labute approximate surface area is 95.1 Å². The molecule has 68 valence electrons. The first-order valence-electron chi connectivity index (χ1n) is 5.02. The van der Waals surface area contributed by atoms with Crippen molar-refractivity contribution in [2.24, 2.45) is 0 Å². The number of unbranched alkanes of at least 4 members (excludes halogenated alkanes) is 1. The molecule has 1 aromatic carbocycles. The summed E-state index contributed by atoms with van der Waals surface area (Å²) in [4.78, 5) is 0. The summed E-state index contributed by atoms with van der Waals surface area (Å²) in [6.07, 6.45) is 2.27. The molecular formula is C12H13LiO. The van der Waals surface area contributed by atoms with Crippen molar-refractivity contribution in [3.05, 3.63) is 29.8 Å². The van der Waals surface area contributed by atoms with Crippen LogP contribution in [-0.4, -0.2) is 24.3 Å². The molecule has 0 saturated carbocycles. The monoisotopic (exact) mass is 180 g/mol. The average molecular weight is 180 g/mol. The van der Waals surface area contributed by atoms with Crippen molar-refractivity contribution in [1.29, 1.82) is 0 Å². The van der Waals surface area contributed by atoms with Crippen LogP contribution < -0.4 is 4.74 Å². The fourth-order valence-electron chi connectivity index (χ4n) is 1.11. The van der Waals surface area contributed by atoms with E-state index in [-0.39, 0.29) is 0 Å². The predicted octanol–water partition coefficient (Wildman–Crippen LogP) is 2.34. The van der Waals surface area contributed by atoms with Crippen LogP contribution in [0.1, 0.15) is 25.3 Å². The Morgan fingerprint density at radius 2 is 2.00 bits per heavy atom. The van der Waals surface area contributed by atoms with E-state index in [4.69, 9.17) is 4.74 Å². The molecule has 0 atom stereocenters. The number of hydrogen-bond acceptors (Lipinski definition) is 1. The van der Waals surface area contributed by atoms with E-state index >= 15 is 0 Å². The van der Waals surface area contributed by atoms with E-state index in [1.807, 2.05) is 42.0 Å². The average Bonchev–Trinajstić information content (AvgIpc) is 2.21. The van der Waals surface area contributed by atoms with Gasteiger partial charge < -0.3 is 0 Å². The van der Waals surface area contributed by atoms with Crippen LogP contribution in [0.25, 0.3) is 0 Å². The normalized spacial score (nSPS) is 9.07. The molecule has 0 fully saturated rings. The van der Waals surface area contributed by atoms with Crippen LogP contribution in [0.5, 0.6) is 5.75 Å². The molecule has 0 saturated heterocycles. The zero-order valence-electron chi connectivity index (χ0n) is 8.84. The molecule has 0 unspecified atom stereocenters. The van der Waals surface area contributed by atoms with Crippen molar-refractivity contribution in [2.45, 2.75) is 19.8 Å². The molecule has 0 radical (unpaired) electrons. The number of benzene rings is 1. The zero-order valence-corrected chi connectivity index (χ0v) is 8.84. The molecule has 14 heavy (non-hydrogen) atoms. The van der Waals surface area contributed by atoms with Crippen LogP contribution in [0.3, 0.4) is 0 Å². The van der Waals surface area contributed by atoms with Gasteiger partial charge in [0.25, 0.3) is 0 Å². The van der Waals surface area contributed by atoms with Gasteiger partial charge in [0.15, 0.2) is 0 Å². The third-order valence-electron chi connectivity index (χ3n) is 1.89. The predicted molar refractivity (Wildman–Crippen MR) is 59.5 cm³/mol. The number of ether oxygens (including phenoxy) is 1. The standard InChI is InChI=1S/C12H13O.Li/c1-3-5-10-13-12-8-6-11(4-2)7-9-12;/h6-9H,3,5,10H2,1H3;. The molecule has 0 aliphatic carbocycles. The first-order chi connectivity index (χ1) is 6.86. The SMILES string of the molecule is [Li][C]#Cc1ccc(OCCCC)cc1. The molecule has 0 aliphatic heterocycles. The van der Waals surface area contributed by atoms with Gasteiger partial charge in [-0.05, 0) is 0 Å². The van der Waals surface area contributed by atoms with Crippen LogP contribution in [0, 0.1) is 10.5 Å². The summed E-state index contributed by atoms with van der Waals surface area (Å²) in [6, 6.07) is 7.90. The second kappa shape index (κ2) is 6.60. The van der Waals surface area contributed by atoms with Crippen LogP contribution in [0.2, 0.25) is 0 Å². The summed E-state index contributed by atoms with van der Waals surface area (Å²) in [5.41, 5.74) is 1.04. The third kappa shape index (κ3) is 3.92. The van der Waals surface area contributed by atoms with E-state index in [1.165, 1.54) is 6.42 Å². The molecule has 1 rings (SSSR count). The Morgan fingerprint density at radius 1 is 1.29 bits per heavy atom. The second-order valence-corrected chi connectivity index (χ2v) is 3.10. The second-order valence-electron chi connectivity index (χ2n) is 3.10. The van der Waals surface area contributed by atoms with Gasteiger partial charge in [0.05, 0.1) is 0 Å². The maximum atomic E-state index is 5.53. The Balaban J connectivity index is 2.49. The van der Waals surface area contributed by atoms with Gasteiger partial charge in [0.2, 0.25) is 0 Å². The zero-order chi connectivity index (χ0) is 10.2. The van der Waals surface area contributed by atoms with E-state index in [2.05, 4.69) is 17.4 Å². The van der Waals surface area contributed by atoms with Gasteiger partial charge in [-0.25, -0.2) is 0 Å². The molecule has 0 spiro atoms. The summed E-state index contributed by atoms with van der Waals surface area (Å²) in [7, 11) is 0. The van der Waals surface area contributed by atoms with Crippen LogP contribution >= 0.6 is 0 Å². The van der Waals surface area contributed by atoms with Crippen LogP contribution in [0.15, 0.2) is 24.3 Å². The molecule has 0 N–H and O–H groups in total. The van der Waals surface area contributed by atoms with Crippen molar-refractivity contribution in [1.82, 2.24) is 0 Å². The van der Waals surface area contributed by atoms with Crippen molar-refractivity contribution in [3.63, 3.8) is 0 Å². The molecule has 2 heteroatoms. The molecule has 1 aromatic rings. The van der Waals surface area contributed by atoms with Gasteiger partial charge in [-0.2, -0.15) is 0 Å². The molecule has 0 amide bonds. The number of hydrogen-bond donors (Lipinski definition) is 0. The summed E-state index contributed by atoms with van der Waals surface area (Å²) in [5.74, 6) is 3.93.